The summed E-state index contributed by atoms with van der Waals surface area (Å²) in [5, 5.41) is 6.44. The summed E-state index contributed by atoms with van der Waals surface area (Å²) in [5.74, 6) is 2.58. The minimum absolute atomic E-state index is 0.535. The van der Waals surface area contributed by atoms with E-state index in [1.165, 1.54) is 0 Å². The summed E-state index contributed by atoms with van der Waals surface area (Å²) in [6.07, 6.45) is 0. The van der Waals surface area contributed by atoms with Gasteiger partial charge in [0.15, 0.2) is 5.96 Å². The van der Waals surface area contributed by atoms with Crippen LogP contribution in [0.15, 0.2) is 35.3 Å². The second-order valence-electron chi connectivity index (χ2n) is 5.31. The molecule has 1 rings (SSSR count). The number of rotatable bonds is 8. The molecule has 0 aliphatic heterocycles. The highest BCUT2D eigenvalue weighted by molar-refractivity contribution is 7.84. The summed E-state index contributed by atoms with van der Waals surface area (Å²) in [6, 6.07) is 9.96. The molecule has 0 aliphatic carbocycles. The van der Waals surface area contributed by atoms with Gasteiger partial charge in [0.05, 0.1) is 0 Å². The minimum Gasteiger partial charge on any atom is -0.357 e. The predicted octanol–water partition coefficient (Wildman–Crippen LogP) is 2.15. The van der Waals surface area contributed by atoms with Crippen molar-refractivity contribution in [2.24, 2.45) is 10.9 Å². The topological polar surface area (TPSA) is 53.5 Å². The standard InChI is InChI=1S/C16H27N3OS/c1-4-17-16(19-12-14(2)3)18-10-11-21(20)13-15-8-6-5-7-9-15/h5-9,14H,4,10-13H2,1-3H3,(H2,17,18,19). The van der Waals surface area contributed by atoms with Crippen LogP contribution in [0.2, 0.25) is 0 Å². The lowest BCUT2D eigenvalue weighted by Crippen LogP contribution is -2.39. The van der Waals surface area contributed by atoms with Crippen molar-refractivity contribution in [2.45, 2.75) is 26.5 Å². The van der Waals surface area contributed by atoms with Gasteiger partial charge in [0, 0.05) is 41.9 Å². The van der Waals surface area contributed by atoms with Crippen molar-refractivity contribution in [3.63, 3.8) is 0 Å². The highest BCUT2D eigenvalue weighted by Crippen LogP contribution is 2.02. The van der Waals surface area contributed by atoms with E-state index in [9.17, 15) is 4.21 Å². The van der Waals surface area contributed by atoms with Crippen molar-refractivity contribution in [1.82, 2.24) is 10.6 Å². The Kier molecular flexibility index (Phi) is 8.74. The number of nitrogens with zero attached hydrogens (tertiary/aromatic N) is 1. The van der Waals surface area contributed by atoms with E-state index in [-0.39, 0.29) is 0 Å². The van der Waals surface area contributed by atoms with Crippen molar-refractivity contribution in [3.05, 3.63) is 35.9 Å². The van der Waals surface area contributed by atoms with Crippen LogP contribution in [0.3, 0.4) is 0 Å². The molecule has 0 aromatic heterocycles. The first kappa shape index (κ1) is 17.7. The Bertz CT molecular complexity index is 446. The fraction of sp³-hybridized carbons (Fsp3) is 0.562. The average molecular weight is 309 g/mol. The first-order valence-corrected chi connectivity index (χ1v) is 9.01. The molecule has 5 heteroatoms. The Labute approximate surface area is 130 Å². The molecule has 0 amide bonds. The van der Waals surface area contributed by atoms with E-state index in [0.717, 1.165) is 24.6 Å². The molecule has 1 unspecified atom stereocenters. The van der Waals surface area contributed by atoms with E-state index in [0.29, 0.717) is 24.0 Å². The van der Waals surface area contributed by atoms with Gasteiger partial charge in [-0.15, -0.1) is 0 Å². The van der Waals surface area contributed by atoms with E-state index in [1.807, 2.05) is 37.3 Å². The minimum atomic E-state index is -0.849. The molecule has 1 atom stereocenters. The highest BCUT2D eigenvalue weighted by atomic mass is 32.2. The molecule has 0 saturated heterocycles. The van der Waals surface area contributed by atoms with Crippen molar-refractivity contribution in [3.8, 4) is 0 Å². The van der Waals surface area contributed by atoms with Crippen LogP contribution in [0.5, 0.6) is 0 Å². The molecule has 21 heavy (non-hydrogen) atoms. The van der Waals surface area contributed by atoms with Gasteiger partial charge in [0.2, 0.25) is 0 Å². The van der Waals surface area contributed by atoms with E-state index in [2.05, 4.69) is 29.5 Å². The molecule has 0 bridgehead atoms. The molecule has 4 nitrogen and oxygen atoms in total. The maximum Gasteiger partial charge on any atom is 0.191 e. The summed E-state index contributed by atoms with van der Waals surface area (Å²) >= 11 is 0. The Balaban J connectivity index is 2.32. The summed E-state index contributed by atoms with van der Waals surface area (Å²) in [5.41, 5.74) is 1.12. The molecule has 0 spiro atoms. The summed E-state index contributed by atoms with van der Waals surface area (Å²) in [4.78, 5) is 4.49. The number of hydrogen-bond acceptors (Lipinski definition) is 2. The Morgan fingerprint density at radius 1 is 1.24 bits per heavy atom. The van der Waals surface area contributed by atoms with Crippen molar-refractivity contribution >= 4 is 16.8 Å². The van der Waals surface area contributed by atoms with E-state index in [4.69, 9.17) is 0 Å². The first-order valence-electron chi connectivity index (χ1n) is 7.53. The van der Waals surface area contributed by atoms with Crippen LogP contribution in [-0.2, 0) is 16.6 Å². The van der Waals surface area contributed by atoms with Gasteiger partial charge in [-0.3, -0.25) is 9.20 Å². The predicted molar refractivity (Wildman–Crippen MR) is 92.0 cm³/mol. The van der Waals surface area contributed by atoms with Crippen molar-refractivity contribution in [1.29, 1.82) is 0 Å². The third kappa shape index (κ3) is 8.50. The van der Waals surface area contributed by atoms with E-state index >= 15 is 0 Å². The lowest BCUT2D eigenvalue weighted by molar-refractivity contribution is 0.657. The summed E-state index contributed by atoms with van der Waals surface area (Å²) < 4.78 is 12.0. The van der Waals surface area contributed by atoms with Gasteiger partial charge in [0.1, 0.15) is 0 Å². The average Bonchev–Trinajstić information content (AvgIpc) is 2.45. The third-order valence-electron chi connectivity index (χ3n) is 2.75. The smallest absolute Gasteiger partial charge is 0.191 e. The van der Waals surface area contributed by atoms with Crippen LogP contribution in [-0.4, -0.2) is 35.6 Å². The largest absolute Gasteiger partial charge is 0.357 e. The number of benzene rings is 1. The van der Waals surface area contributed by atoms with Gasteiger partial charge in [-0.25, -0.2) is 0 Å². The van der Waals surface area contributed by atoms with Gasteiger partial charge in [0.25, 0.3) is 0 Å². The van der Waals surface area contributed by atoms with Crippen molar-refractivity contribution < 1.29 is 4.21 Å². The lowest BCUT2D eigenvalue weighted by Gasteiger charge is -2.12. The molecule has 0 heterocycles. The molecule has 1 aromatic carbocycles. The molecule has 118 valence electrons. The zero-order chi connectivity index (χ0) is 15.5. The summed E-state index contributed by atoms with van der Waals surface area (Å²) in [7, 11) is -0.849. The van der Waals surface area contributed by atoms with Gasteiger partial charge in [-0.1, -0.05) is 44.2 Å². The number of nitrogens with one attached hydrogen (secondary N) is 2. The lowest BCUT2D eigenvalue weighted by atomic mass is 10.2. The normalized spacial score (nSPS) is 13.2. The molecular weight excluding hydrogens is 282 g/mol. The van der Waals surface area contributed by atoms with Crippen LogP contribution in [0.25, 0.3) is 0 Å². The Morgan fingerprint density at radius 3 is 2.57 bits per heavy atom. The molecule has 0 fully saturated rings. The van der Waals surface area contributed by atoms with Crippen LogP contribution in [0.1, 0.15) is 26.3 Å². The molecule has 0 saturated carbocycles. The quantitative estimate of drug-likeness (QED) is 0.571. The molecule has 0 radical (unpaired) electrons. The number of aliphatic imine (C=N–C) groups is 1. The molecule has 1 aromatic rings. The monoisotopic (exact) mass is 309 g/mol. The zero-order valence-corrected chi connectivity index (χ0v) is 14.1. The van der Waals surface area contributed by atoms with E-state index < -0.39 is 10.8 Å². The maximum atomic E-state index is 12.0. The van der Waals surface area contributed by atoms with Crippen LogP contribution >= 0.6 is 0 Å². The zero-order valence-electron chi connectivity index (χ0n) is 13.3. The summed E-state index contributed by atoms with van der Waals surface area (Å²) in [6.45, 7) is 8.62. The Hall–Kier alpha value is -1.36. The second kappa shape index (κ2) is 10.4. The molecular formula is C16H27N3OS. The van der Waals surface area contributed by atoms with Crippen LogP contribution in [0, 0.1) is 5.92 Å². The van der Waals surface area contributed by atoms with Gasteiger partial charge in [-0.05, 0) is 18.4 Å². The van der Waals surface area contributed by atoms with E-state index in [1.54, 1.807) is 0 Å². The SMILES string of the molecule is CCNC(=NCC(C)C)NCCS(=O)Cc1ccccc1. The van der Waals surface area contributed by atoms with Gasteiger partial charge < -0.3 is 10.6 Å². The van der Waals surface area contributed by atoms with Crippen molar-refractivity contribution in [2.75, 3.05) is 25.4 Å². The van der Waals surface area contributed by atoms with Gasteiger partial charge >= 0.3 is 0 Å². The van der Waals surface area contributed by atoms with Crippen LogP contribution < -0.4 is 10.6 Å². The number of guanidine groups is 1. The fourth-order valence-electron chi connectivity index (χ4n) is 1.73. The Morgan fingerprint density at radius 2 is 1.95 bits per heavy atom. The first-order chi connectivity index (χ1) is 10.1. The second-order valence-corrected chi connectivity index (χ2v) is 6.89. The molecule has 2 N–H and O–H groups in total. The van der Waals surface area contributed by atoms with Crippen LogP contribution in [0.4, 0.5) is 0 Å². The fourth-order valence-corrected chi connectivity index (χ4v) is 2.77. The highest BCUT2D eigenvalue weighted by Gasteiger charge is 2.03. The number of hydrogen-bond donors (Lipinski definition) is 2. The van der Waals surface area contributed by atoms with Gasteiger partial charge in [-0.2, -0.15) is 0 Å². The third-order valence-corrected chi connectivity index (χ3v) is 4.07. The molecule has 0 aliphatic rings. The maximum absolute atomic E-state index is 12.0.